The topological polar surface area (TPSA) is 59.8 Å². The summed E-state index contributed by atoms with van der Waals surface area (Å²) >= 11 is 1.28. The lowest BCUT2D eigenvalue weighted by Gasteiger charge is -2.08. The zero-order valence-electron chi connectivity index (χ0n) is 14.6. The third kappa shape index (κ3) is 4.11. The molecule has 0 aliphatic heterocycles. The number of thioether (sulfide) groups is 1. The quantitative estimate of drug-likeness (QED) is 0.663. The highest BCUT2D eigenvalue weighted by molar-refractivity contribution is 7.99. The lowest BCUT2D eigenvalue weighted by molar-refractivity contribution is -0.113. The van der Waals surface area contributed by atoms with Crippen molar-refractivity contribution in [3.63, 3.8) is 0 Å². The highest BCUT2D eigenvalue weighted by Crippen LogP contribution is 2.24. The average molecular weight is 370 g/mol. The van der Waals surface area contributed by atoms with Crippen LogP contribution in [0.25, 0.3) is 11.4 Å². The van der Waals surface area contributed by atoms with E-state index in [1.807, 2.05) is 48.7 Å². The molecule has 5 nitrogen and oxygen atoms in total. The summed E-state index contributed by atoms with van der Waals surface area (Å²) in [6, 6.07) is 14.4. The van der Waals surface area contributed by atoms with Gasteiger partial charge in [-0.2, -0.15) is 0 Å². The second kappa shape index (κ2) is 8.14. The second-order valence-electron chi connectivity index (χ2n) is 5.74. The smallest absolute Gasteiger partial charge is 0.234 e. The molecule has 0 bridgehead atoms. The highest BCUT2D eigenvalue weighted by atomic mass is 32.2. The van der Waals surface area contributed by atoms with Crippen LogP contribution in [0.5, 0.6) is 0 Å². The Morgan fingerprint density at radius 1 is 1.19 bits per heavy atom. The summed E-state index contributed by atoms with van der Waals surface area (Å²) in [5.41, 5.74) is 2.05. The van der Waals surface area contributed by atoms with Crippen molar-refractivity contribution in [1.29, 1.82) is 0 Å². The molecule has 0 atom stereocenters. The van der Waals surface area contributed by atoms with Crippen molar-refractivity contribution >= 4 is 23.4 Å². The molecule has 0 unspecified atom stereocenters. The Labute approximate surface area is 155 Å². The molecule has 134 valence electrons. The third-order valence-corrected chi connectivity index (χ3v) is 4.76. The Balaban J connectivity index is 1.69. The first-order valence-electron chi connectivity index (χ1n) is 8.26. The molecule has 0 saturated carbocycles. The summed E-state index contributed by atoms with van der Waals surface area (Å²) in [5.74, 6) is 0.157. The third-order valence-electron chi connectivity index (χ3n) is 3.79. The van der Waals surface area contributed by atoms with Crippen LogP contribution in [0.1, 0.15) is 12.5 Å². The number of hydrogen-bond acceptors (Lipinski definition) is 4. The van der Waals surface area contributed by atoms with Crippen molar-refractivity contribution in [2.24, 2.45) is 0 Å². The average Bonchev–Trinajstić information content (AvgIpc) is 3.06. The van der Waals surface area contributed by atoms with Gasteiger partial charge in [0.1, 0.15) is 5.82 Å². The number of nitrogens with one attached hydrogen (secondary N) is 1. The van der Waals surface area contributed by atoms with Gasteiger partial charge >= 0.3 is 0 Å². The Morgan fingerprint density at radius 3 is 2.69 bits per heavy atom. The van der Waals surface area contributed by atoms with Crippen molar-refractivity contribution in [3.8, 4) is 11.4 Å². The van der Waals surface area contributed by atoms with Gasteiger partial charge in [-0.05, 0) is 31.5 Å². The fourth-order valence-corrected chi connectivity index (χ4v) is 3.33. The van der Waals surface area contributed by atoms with Crippen molar-refractivity contribution in [3.05, 3.63) is 59.9 Å². The van der Waals surface area contributed by atoms with Crippen LogP contribution < -0.4 is 5.32 Å². The molecule has 1 heterocycles. The zero-order valence-corrected chi connectivity index (χ0v) is 15.4. The van der Waals surface area contributed by atoms with Crippen LogP contribution in [-0.4, -0.2) is 26.4 Å². The van der Waals surface area contributed by atoms with Crippen LogP contribution >= 0.6 is 11.8 Å². The molecule has 0 fully saturated rings. The van der Waals surface area contributed by atoms with Gasteiger partial charge < -0.3 is 9.88 Å². The van der Waals surface area contributed by atoms with Gasteiger partial charge in [0, 0.05) is 12.1 Å². The normalized spacial score (nSPS) is 10.7. The summed E-state index contributed by atoms with van der Waals surface area (Å²) in [7, 11) is 0. The molecular formula is C19H19FN4OS. The Kier molecular flexibility index (Phi) is 5.68. The van der Waals surface area contributed by atoms with Gasteiger partial charge in [-0.25, -0.2) is 4.39 Å². The molecule has 0 radical (unpaired) electrons. The molecule has 26 heavy (non-hydrogen) atoms. The van der Waals surface area contributed by atoms with E-state index in [0.29, 0.717) is 11.7 Å². The van der Waals surface area contributed by atoms with Crippen LogP contribution in [0.3, 0.4) is 0 Å². The number of amides is 1. The fraction of sp³-hybridized carbons (Fsp3) is 0.211. The van der Waals surface area contributed by atoms with Gasteiger partial charge in [0.25, 0.3) is 0 Å². The summed E-state index contributed by atoms with van der Waals surface area (Å²) in [6.07, 6.45) is 0. The number of aromatic nitrogens is 3. The monoisotopic (exact) mass is 370 g/mol. The Bertz CT molecular complexity index is 911. The summed E-state index contributed by atoms with van der Waals surface area (Å²) in [5, 5.41) is 11.7. The zero-order chi connectivity index (χ0) is 18.5. The van der Waals surface area contributed by atoms with Crippen molar-refractivity contribution in [2.45, 2.75) is 25.5 Å². The standard InChI is InChI=1S/C19H19FN4OS/c1-3-24-18(14-7-5-4-6-8-14)22-23-19(24)26-12-17(25)21-16-11-13(2)9-10-15(16)20/h4-11H,3,12H2,1-2H3,(H,21,25). The van der Waals surface area contributed by atoms with E-state index < -0.39 is 5.82 Å². The SMILES string of the molecule is CCn1c(SCC(=O)Nc2cc(C)ccc2F)nnc1-c1ccccc1. The van der Waals surface area contributed by atoms with E-state index in [0.717, 1.165) is 17.0 Å². The Hall–Kier alpha value is -2.67. The first-order valence-corrected chi connectivity index (χ1v) is 9.24. The number of aryl methyl sites for hydroxylation is 1. The number of carbonyl (C=O) groups excluding carboxylic acids is 1. The predicted octanol–water partition coefficient (Wildman–Crippen LogP) is 4.14. The summed E-state index contributed by atoms with van der Waals surface area (Å²) < 4.78 is 15.7. The molecule has 3 aromatic rings. The van der Waals surface area contributed by atoms with Gasteiger partial charge in [-0.3, -0.25) is 4.79 Å². The van der Waals surface area contributed by atoms with Crippen LogP contribution in [0.2, 0.25) is 0 Å². The van der Waals surface area contributed by atoms with Crippen LogP contribution in [0.4, 0.5) is 10.1 Å². The molecule has 0 aliphatic carbocycles. The summed E-state index contributed by atoms with van der Waals surface area (Å²) in [4.78, 5) is 12.2. The molecule has 1 aromatic heterocycles. The fourth-order valence-electron chi connectivity index (χ4n) is 2.53. The minimum Gasteiger partial charge on any atom is -0.323 e. The lowest BCUT2D eigenvalue weighted by Crippen LogP contribution is -2.15. The molecule has 1 amide bonds. The number of hydrogen-bond donors (Lipinski definition) is 1. The summed E-state index contributed by atoms with van der Waals surface area (Å²) in [6.45, 7) is 4.54. The first-order chi connectivity index (χ1) is 12.6. The molecular weight excluding hydrogens is 351 g/mol. The highest BCUT2D eigenvalue weighted by Gasteiger charge is 2.15. The molecule has 0 aliphatic rings. The first kappa shape index (κ1) is 18.1. The molecule has 2 aromatic carbocycles. The molecule has 0 spiro atoms. The van der Waals surface area contributed by atoms with E-state index in [1.54, 1.807) is 12.1 Å². The van der Waals surface area contributed by atoms with Crippen LogP contribution in [-0.2, 0) is 11.3 Å². The maximum absolute atomic E-state index is 13.8. The second-order valence-corrected chi connectivity index (χ2v) is 6.68. The van der Waals surface area contributed by atoms with Gasteiger partial charge in [0.2, 0.25) is 5.91 Å². The molecule has 3 rings (SSSR count). The largest absolute Gasteiger partial charge is 0.323 e. The van der Waals surface area contributed by atoms with Crippen molar-refractivity contribution in [1.82, 2.24) is 14.8 Å². The number of anilines is 1. The lowest BCUT2D eigenvalue weighted by atomic mass is 10.2. The minimum absolute atomic E-state index is 0.125. The number of benzene rings is 2. The van der Waals surface area contributed by atoms with Gasteiger partial charge in [0.15, 0.2) is 11.0 Å². The number of carbonyl (C=O) groups is 1. The maximum Gasteiger partial charge on any atom is 0.234 e. The van der Waals surface area contributed by atoms with Crippen molar-refractivity contribution in [2.75, 3.05) is 11.1 Å². The van der Waals surface area contributed by atoms with E-state index in [9.17, 15) is 9.18 Å². The van der Waals surface area contributed by atoms with E-state index in [1.165, 1.54) is 17.8 Å². The van der Waals surface area contributed by atoms with Crippen LogP contribution in [0, 0.1) is 12.7 Å². The van der Waals surface area contributed by atoms with Gasteiger partial charge in [-0.1, -0.05) is 48.2 Å². The van der Waals surface area contributed by atoms with E-state index in [4.69, 9.17) is 0 Å². The molecule has 1 N–H and O–H groups in total. The van der Waals surface area contributed by atoms with E-state index in [-0.39, 0.29) is 17.3 Å². The van der Waals surface area contributed by atoms with Crippen LogP contribution in [0.15, 0.2) is 53.7 Å². The van der Waals surface area contributed by atoms with E-state index >= 15 is 0 Å². The molecule has 7 heteroatoms. The van der Waals surface area contributed by atoms with Gasteiger partial charge in [-0.15, -0.1) is 10.2 Å². The molecule has 0 saturated heterocycles. The van der Waals surface area contributed by atoms with Crippen molar-refractivity contribution < 1.29 is 9.18 Å². The number of halogens is 1. The maximum atomic E-state index is 13.8. The minimum atomic E-state index is -0.447. The van der Waals surface area contributed by atoms with E-state index in [2.05, 4.69) is 15.5 Å². The number of rotatable bonds is 6. The van der Waals surface area contributed by atoms with Gasteiger partial charge in [0.05, 0.1) is 11.4 Å². The Morgan fingerprint density at radius 2 is 1.96 bits per heavy atom. The predicted molar refractivity (Wildman–Crippen MR) is 102 cm³/mol. The number of nitrogens with zero attached hydrogens (tertiary/aromatic N) is 3.